The van der Waals surface area contributed by atoms with Crippen molar-refractivity contribution in [1.82, 2.24) is 15.5 Å². The lowest BCUT2D eigenvalue weighted by atomic mass is 9.97. The summed E-state index contributed by atoms with van der Waals surface area (Å²) in [7, 11) is 0. The highest BCUT2D eigenvalue weighted by Crippen LogP contribution is 2.26. The van der Waals surface area contributed by atoms with Crippen LogP contribution in [0.1, 0.15) is 85.4 Å². The molecule has 0 bridgehead atoms. The van der Waals surface area contributed by atoms with Gasteiger partial charge in [-0.15, -0.1) is 0 Å². The van der Waals surface area contributed by atoms with Gasteiger partial charge in [0, 0.05) is 12.6 Å². The Kier molecular flexibility index (Phi) is 11.3. The molecule has 0 radical (unpaired) electrons. The first-order chi connectivity index (χ1) is 15.8. The molecule has 0 aromatic heterocycles. The van der Waals surface area contributed by atoms with Crippen LogP contribution in [0, 0.1) is 5.92 Å². The molecular formula is C27H43N3O4. The first-order valence-electron chi connectivity index (χ1n) is 12.1. The van der Waals surface area contributed by atoms with E-state index in [9.17, 15) is 14.4 Å². The Balaban J connectivity index is 3.48. The number of amides is 3. The van der Waals surface area contributed by atoms with Crippen LogP contribution >= 0.6 is 0 Å². The van der Waals surface area contributed by atoms with Crippen LogP contribution in [0.4, 0.5) is 4.79 Å². The molecule has 7 nitrogen and oxygen atoms in total. The highest BCUT2D eigenvalue weighted by atomic mass is 16.6. The molecule has 7 heteroatoms. The number of hydrogen-bond acceptors (Lipinski definition) is 4. The lowest BCUT2D eigenvalue weighted by Crippen LogP contribution is -2.55. The van der Waals surface area contributed by atoms with E-state index in [0.717, 1.165) is 18.4 Å². The third kappa shape index (κ3) is 9.20. The molecule has 3 amide bonds. The molecule has 0 spiro atoms. The predicted molar refractivity (Wildman–Crippen MR) is 137 cm³/mol. The van der Waals surface area contributed by atoms with E-state index in [2.05, 4.69) is 17.2 Å². The number of carbonyl (C=O) groups is 3. The van der Waals surface area contributed by atoms with Crippen LogP contribution in [0.25, 0.3) is 6.08 Å². The molecule has 2 atom stereocenters. The quantitative estimate of drug-likeness (QED) is 0.469. The molecule has 0 saturated carbocycles. The SMILES string of the molecule is C=Cc1cccc(C(C(=O)NC(C)C)N(CCCC)C(=O)C(NC(=O)OC(C)(C)C)C(C)C)c1. The summed E-state index contributed by atoms with van der Waals surface area (Å²) in [6.45, 7) is 19.0. The fourth-order valence-corrected chi connectivity index (χ4v) is 3.51. The summed E-state index contributed by atoms with van der Waals surface area (Å²) in [6.07, 6.45) is 2.61. The normalized spacial score (nSPS) is 13.2. The van der Waals surface area contributed by atoms with Gasteiger partial charge in [-0.25, -0.2) is 4.79 Å². The van der Waals surface area contributed by atoms with Crippen molar-refractivity contribution in [2.75, 3.05) is 6.54 Å². The lowest BCUT2D eigenvalue weighted by molar-refractivity contribution is -0.143. The van der Waals surface area contributed by atoms with E-state index in [0.29, 0.717) is 12.1 Å². The van der Waals surface area contributed by atoms with Crippen LogP contribution in [-0.4, -0.2) is 47.0 Å². The zero-order valence-corrected chi connectivity index (χ0v) is 22.1. The van der Waals surface area contributed by atoms with Gasteiger partial charge in [-0.3, -0.25) is 9.59 Å². The number of nitrogens with one attached hydrogen (secondary N) is 2. The number of ether oxygens (including phenoxy) is 1. The van der Waals surface area contributed by atoms with Gasteiger partial charge >= 0.3 is 6.09 Å². The van der Waals surface area contributed by atoms with E-state index in [1.54, 1.807) is 31.7 Å². The molecule has 0 aliphatic carbocycles. The number of hydrogen-bond donors (Lipinski definition) is 2. The van der Waals surface area contributed by atoms with Gasteiger partial charge in [0.15, 0.2) is 0 Å². The van der Waals surface area contributed by atoms with E-state index in [4.69, 9.17) is 4.74 Å². The van der Waals surface area contributed by atoms with Crippen LogP contribution in [0.2, 0.25) is 0 Å². The maximum Gasteiger partial charge on any atom is 0.408 e. The summed E-state index contributed by atoms with van der Waals surface area (Å²) in [6, 6.07) is 5.68. The second-order valence-corrected chi connectivity index (χ2v) is 10.2. The zero-order valence-electron chi connectivity index (χ0n) is 22.1. The standard InChI is InChI=1S/C27H43N3O4/c1-10-12-16-30(25(32)22(18(3)4)29-26(33)34-27(7,8)9)23(24(31)28-19(5)6)21-15-13-14-20(11-2)17-21/h11,13-15,17-19,22-23H,2,10,12,16H2,1,3-9H3,(H,28,31)(H,29,33). The molecule has 0 saturated heterocycles. The number of benzene rings is 1. The maximum atomic E-state index is 13.9. The van der Waals surface area contributed by atoms with E-state index < -0.39 is 23.8 Å². The minimum Gasteiger partial charge on any atom is -0.444 e. The van der Waals surface area contributed by atoms with Crippen molar-refractivity contribution in [3.8, 4) is 0 Å². The van der Waals surface area contributed by atoms with Crippen LogP contribution < -0.4 is 10.6 Å². The highest BCUT2D eigenvalue weighted by Gasteiger charge is 2.37. The number of rotatable bonds is 11. The van der Waals surface area contributed by atoms with Gasteiger partial charge in [0.05, 0.1) is 0 Å². The van der Waals surface area contributed by atoms with Gasteiger partial charge in [0.1, 0.15) is 17.7 Å². The Hall–Kier alpha value is -2.83. The maximum absolute atomic E-state index is 13.9. The lowest BCUT2D eigenvalue weighted by Gasteiger charge is -2.36. The molecule has 34 heavy (non-hydrogen) atoms. The number of alkyl carbamates (subject to hydrolysis) is 1. The third-order valence-electron chi connectivity index (χ3n) is 5.09. The van der Waals surface area contributed by atoms with Gasteiger partial charge < -0.3 is 20.3 Å². The molecule has 1 aromatic carbocycles. The average Bonchev–Trinajstić information content (AvgIpc) is 2.72. The van der Waals surface area contributed by atoms with Crippen molar-refractivity contribution in [3.05, 3.63) is 42.0 Å². The number of unbranched alkanes of at least 4 members (excludes halogenated alkanes) is 1. The minimum atomic E-state index is -0.844. The topological polar surface area (TPSA) is 87.7 Å². The fraction of sp³-hybridized carbons (Fsp3) is 0.593. The Bertz CT molecular complexity index is 843. The average molecular weight is 474 g/mol. The molecular weight excluding hydrogens is 430 g/mol. The van der Waals surface area contributed by atoms with Gasteiger partial charge in [0.25, 0.3) is 0 Å². The Morgan fingerprint density at radius 2 is 1.76 bits per heavy atom. The molecule has 2 N–H and O–H groups in total. The van der Waals surface area contributed by atoms with E-state index >= 15 is 0 Å². The van der Waals surface area contributed by atoms with Gasteiger partial charge in [-0.05, 0) is 64.2 Å². The summed E-state index contributed by atoms with van der Waals surface area (Å²) >= 11 is 0. The summed E-state index contributed by atoms with van der Waals surface area (Å²) < 4.78 is 5.39. The van der Waals surface area contributed by atoms with E-state index in [1.807, 2.05) is 58.9 Å². The van der Waals surface area contributed by atoms with Crippen molar-refractivity contribution in [3.63, 3.8) is 0 Å². The smallest absolute Gasteiger partial charge is 0.408 e. The Labute approximate surface area is 205 Å². The first kappa shape index (κ1) is 29.2. The molecule has 2 unspecified atom stereocenters. The van der Waals surface area contributed by atoms with Gasteiger partial charge in [0.2, 0.25) is 11.8 Å². The van der Waals surface area contributed by atoms with Crippen molar-refractivity contribution in [1.29, 1.82) is 0 Å². The number of carbonyl (C=O) groups excluding carboxylic acids is 3. The summed E-state index contributed by atoms with van der Waals surface area (Å²) in [5.74, 6) is -0.792. The predicted octanol–water partition coefficient (Wildman–Crippen LogP) is 5.07. The monoisotopic (exact) mass is 473 g/mol. The first-order valence-corrected chi connectivity index (χ1v) is 12.1. The second kappa shape index (κ2) is 13.2. The molecule has 1 aromatic rings. The number of nitrogens with zero attached hydrogens (tertiary/aromatic N) is 1. The molecule has 190 valence electrons. The van der Waals surface area contributed by atoms with Crippen molar-refractivity contribution in [2.45, 2.75) is 92.0 Å². The van der Waals surface area contributed by atoms with Gasteiger partial charge in [-0.2, -0.15) is 0 Å². The molecule has 1 rings (SSSR count). The van der Waals surface area contributed by atoms with Crippen LogP contribution in [-0.2, 0) is 14.3 Å². The van der Waals surface area contributed by atoms with E-state index in [-0.39, 0.29) is 23.8 Å². The largest absolute Gasteiger partial charge is 0.444 e. The zero-order chi connectivity index (χ0) is 26.1. The summed E-state index contributed by atoms with van der Waals surface area (Å²) in [5, 5.41) is 5.70. The van der Waals surface area contributed by atoms with Crippen LogP contribution in [0.5, 0.6) is 0 Å². The van der Waals surface area contributed by atoms with Crippen molar-refractivity contribution >= 4 is 24.0 Å². The van der Waals surface area contributed by atoms with E-state index in [1.165, 1.54) is 0 Å². The summed E-state index contributed by atoms with van der Waals surface area (Å²) in [5.41, 5.74) is 0.858. The third-order valence-corrected chi connectivity index (χ3v) is 5.09. The highest BCUT2D eigenvalue weighted by molar-refractivity contribution is 5.92. The minimum absolute atomic E-state index is 0.0958. The van der Waals surface area contributed by atoms with Gasteiger partial charge in [-0.1, -0.05) is 58.0 Å². The van der Waals surface area contributed by atoms with Crippen LogP contribution in [0.15, 0.2) is 30.8 Å². The second-order valence-electron chi connectivity index (χ2n) is 10.2. The Morgan fingerprint density at radius 1 is 1.12 bits per heavy atom. The molecule has 0 aliphatic heterocycles. The Morgan fingerprint density at radius 3 is 2.26 bits per heavy atom. The molecule has 0 heterocycles. The van der Waals surface area contributed by atoms with Crippen LogP contribution in [0.3, 0.4) is 0 Å². The molecule has 0 fully saturated rings. The summed E-state index contributed by atoms with van der Waals surface area (Å²) in [4.78, 5) is 41.4. The fourth-order valence-electron chi connectivity index (χ4n) is 3.51. The van der Waals surface area contributed by atoms with Crippen molar-refractivity contribution in [2.24, 2.45) is 5.92 Å². The van der Waals surface area contributed by atoms with Crippen molar-refractivity contribution < 1.29 is 19.1 Å². The molecule has 0 aliphatic rings.